The summed E-state index contributed by atoms with van der Waals surface area (Å²) < 4.78 is 4.25. The van der Waals surface area contributed by atoms with Crippen molar-refractivity contribution in [1.82, 2.24) is 9.36 Å². The van der Waals surface area contributed by atoms with Gasteiger partial charge in [0.2, 0.25) is 0 Å². The molecule has 102 valence electrons. The first-order valence-corrected chi connectivity index (χ1v) is 7.06. The molecule has 0 amide bonds. The quantitative estimate of drug-likeness (QED) is 0.845. The molecule has 0 saturated heterocycles. The highest BCUT2D eigenvalue weighted by Gasteiger charge is 2.18. The number of nitrogens with two attached hydrogens (primary N) is 1. The minimum Gasteiger partial charge on any atom is -0.395 e. The van der Waals surface area contributed by atoms with E-state index in [-0.39, 0.29) is 6.61 Å². The average Bonchev–Trinajstić information content (AvgIpc) is 2.81. The van der Waals surface area contributed by atoms with Crippen LogP contribution in [0, 0.1) is 0 Å². The first-order chi connectivity index (χ1) is 9.27. The van der Waals surface area contributed by atoms with Crippen molar-refractivity contribution >= 4 is 22.4 Å². The Morgan fingerprint density at radius 3 is 2.89 bits per heavy atom. The van der Waals surface area contributed by atoms with Crippen LogP contribution >= 0.6 is 11.5 Å². The molecule has 0 aliphatic rings. The van der Waals surface area contributed by atoms with Crippen LogP contribution in [0.5, 0.6) is 0 Å². The van der Waals surface area contributed by atoms with Crippen molar-refractivity contribution in [1.29, 1.82) is 0 Å². The third-order valence-corrected chi connectivity index (χ3v) is 3.72. The van der Waals surface area contributed by atoms with Crippen LogP contribution in [0.25, 0.3) is 11.1 Å². The van der Waals surface area contributed by atoms with E-state index in [1.165, 1.54) is 11.5 Å². The average molecular weight is 278 g/mol. The van der Waals surface area contributed by atoms with Gasteiger partial charge in [-0.15, -0.1) is 0 Å². The van der Waals surface area contributed by atoms with Gasteiger partial charge in [0.25, 0.3) is 0 Å². The van der Waals surface area contributed by atoms with Crippen LogP contribution in [0.2, 0.25) is 0 Å². The van der Waals surface area contributed by atoms with E-state index in [1.807, 2.05) is 12.1 Å². The SMILES string of the molecule is CCCN(CCO)c1snc(N)c1-c1cccnc1. The molecule has 5 nitrogen and oxygen atoms in total. The number of rotatable bonds is 6. The lowest BCUT2D eigenvalue weighted by atomic mass is 10.1. The number of aliphatic hydroxyl groups is 1. The molecule has 19 heavy (non-hydrogen) atoms. The molecule has 0 radical (unpaired) electrons. The van der Waals surface area contributed by atoms with Crippen molar-refractivity contribution in [2.75, 3.05) is 30.3 Å². The van der Waals surface area contributed by atoms with Crippen LogP contribution in [0.3, 0.4) is 0 Å². The van der Waals surface area contributed by atoms with Gasteiger partial charge in [-0.3, -0.25) is 4.98 Å². The molecule has 0 aliphatic heterocycles. The molecule has 0 aromatic carbocycles. The van der Waals surface area contributed by atoms with Crippen molar-refractivity contribution in [3.8, 4) is 11.1 Å². The number of anilines is 2. The molecular weight excluding hydrogens is 260 g/mol. The number of aliphatic hydroxyl groups excluding tert-OH is 1. The predicted molar refractivity (Wildman–Crippen MR) is 79.3 cm³/mol. The number of nitrogens with zero attached hydrogens (tertiary/aromatic N) is 3. The van der Waals surface area contributed by atoms with Crippen molar-refractivity contribution < 1.29 is 5.11 Å². The standard InChI is InChI=1S/C13H18N4OS/c1-2-6-17(7-8-18)13-11(12(14)16-19-13)10-4-3-5-15-9-10/h3-5,9,18H,2,6-8H2,1H3,(H2,14,16). The third kappa shape index (κ3) is 3.02. The van der Waals surface area contributed by atoms with Crippen molar-refractivity contribution in [3.05, 3.63) is 24.5 Å². The maximum atomic E-state index is 9.19. The summed E-state index contributed by atoms with van der Waals surface area (Å²) in [6, 6.07) is 3.85. The molecule has 3 N–H and O–H groups in total. The molecule has 2 rings (SSSR count). The van der Waals surface area contributed by atoms with Crippen LogP contribution < -0.4 is 10.6 Å². The Kier molecular flexibility index (Phi) is 4.70. The van der Waals surface area contributed by atoms with Gasteiger partial charge in [0.05, 0.1) is 12.2 Å². The van der Waals surface area contributed by atoms with Gasteiger partial charge in [0, 0.05) is 31.0 Å². The summed E-state index contributed by atoms with van der Waals surface area (Å²) in [5.74, 6) is 0.520. The highest BCUT2D eigenvalue weighted by molar-refractivity contribution is 7.11. The number of aromatic nitrogens is 2. The molecule has 6 heteroatoms. The Bertz CT molecular complexity index is 509. The highest BCUT2D eigenvalue weighted by Crippen LogP contribution is 2.38. The summed E-state index contributed by atoms with van der Waals surface area (Å²) in [6.45, 7) is 3.68. The summed E-state index contributed by atoms with van der Waals surface area (Å²) >= 11 is 1.37. The minimum absolute atomic E-state index is 0.115. The topological polar surface area (TPSA) is 75.3 Å². The Morgan fingerprint density at radius 2 is 2.26 bits per heavy atom. The second-order valence-corrected chi connectivity index (χ2v) is 4.95. The lowest BCUT2D eigenvalue weighted by Crippen LogP contribution is -2.27. The van der Waals surface area contributed by atoms with Gasteiger partial charge in [0.15, 0.2) is 0 Å². The Balaban J connectivity index is 2.41. The smallest absolute Gasteiger partial charge is 0.147 e. The summed E-state index contributed by atoms with van der Waals surface area (Å²) in [4.78, 5) is 6.25. The zero-order valence-electron chi connectivity index (χ0n) is 10.9. The monoisotopic (exact) mass is 278 g/mol. The maximum Gasteiger partial charge on any atom is 0.147 e. The van der Waals surface area contributed by atoms with E-state index >= 15 is 0 Å². The van der Waals surface area contributed by atoms with Crippen LogP contribution in [0.4, 0.5) is 10.8 Å². The van der Waals surface area contributed by atoms with Crippen molar-refractivity contribution in [3.63, 3.8) is 0 Å². The molecule has 2 heterocycles. The minimum atomic E-state index is 0.115. The molecule has 0 spiro atoms. The third-order valence-electron chi connectivity index (χ3n) is 2.80. The fraction of sp³-hybridized carbons (Fsp3) is 0.385. The van der Waals surface area contributed by atoms with E-state index in [9.17, 15) is 5.11 Å². The Labute approximate surface area is 116 Å². The molecular formula is C13H18N4OS. The number of nitrogen functional groups attached to an aromatic ring is 1. The van der Waals surface area contributed by atoms with E-state index in [0.717, 1.165) is 29.1 Å². The lowest BCUT2D eigenvalue weighted by molar-refractivity contribution is 0.302. The van der Waals surface area contributed by atoms with E-state index in [2.05, 4.69) is 21.2 Å². The summed E-state index contributed by atoms with van der Waals surface area (Å²) in [7, 11) is 0. The first kappa shape index (κ1) is 13.8. The molecule has 0 atom stereocenters. The molecule has 0 bridgehead atoms. The zero-order valence-corrected chi connectivity index (χ0v) is 11.7. The summed E-state index contributed by atoms with van der Waals surface area (Å²) in [5.41, 5.74) is 7.86. The van der Waals surface area contributed by atoms with Gasteiger partial charge in [-0.05, 0) is 24.0 Å². The molecule has 2 aromatic rings. The van der Waals surface area contributed by atoms with E-state index in [0.29, 0.717) is 12.4 Å². The highest BCUT2D eigenvalue weighted by atomic mass is 32.1. The van der Waals surface area contributed by atoms with Gasteiger partial charge < -0.3 is 15.7 Å². The van der Waals surface area contributed by atoms with Crippen molar-refractivity contribution in [2.45, 2.75) is 13.3 Å². The molecule has 0 fully saturated rings. The van der Waals surface area contributed by atoms with Gasteiger partial charge in [0.1, 0.15) is 10.8 Å². The van der Waals surface area contributed by atoms with Crippen LogP contribution in [-0.4, -0.2) is 34.2 Å². The van der Waals surface area contributed by atoms with Crippen LogP contribution in [0.1, 0.15) is 13.3 Å². The fourth-order valence-corrected chi connectivity index (χ4v) is 2.88. The second kappa shape index (κ2) is 6.49. The van der Waals surface area contributed by atoms with Crippen molar-refractivity contribution in [2.24, 2.45) is 0 Å². The van der Waals surface area contributed by atoms with E-state index < -0.39 is 0 Å². The molecule has 0 aliphatic carbocycles. The second-order valence-electron chi connectivity index (χ2n) is 4.20. The zero-order chi connectivity index (χ0) is 13.7. The summed E-state index contributed by atoms with van der Waals surface area (Å²) in [6.07, 6.45) is 4.52. The van der Waals surface area contributed by atoms with Gasteiger partial charge >= 0.3 is 0 Å². The van der Waals surface area contributed by atoms with Gasteiger partial charge in [-0.1, -0.05) is 13.0 Å². The molecule has 0 saturated carbocycles. The number of pyridine rings is 1. The molecule has 0 unspecified atom stereocenters. The van der Waals surface area contributed by atoms with Crippen LogP contribution in [-0.2, 0) is 0 Å². The largest absolute Gasteiger partial charge is 0.395 e. The van der Waals surface area contributed by atoms with Crippen LogP contribution in [0.15, 0.2) is 24.5 Å². The van der Waals surface area contributed by atoms with Gasteiger partial charge in [-0.25, -0.2) is 0 Å². The fourth-order valence-electron chi connectivity index (χ4n) is 2.00. The Morgan fingerprint density at radius 1 is 1.42 bits per heavy atom. The summed E-state index contributed by atoms with van der Waals surface area (Å²) in [5, 5.41) is 10.2. The number of hydrogen-bond acceptors (Lipinski definition) is 6. The number of hydrogen-bond donors (Lipinski definition) is 2. The normalized spacial score (nSPS) is 10.6. The molecule has 2 aromatic heterocycles. The van der Waals surface area contributed by atoms with Gasteiger partial charge in [-0.2, -0.15) is 4.37 Å². The lowest BCUT2D eigenvalue weighted by Gasteiger charge is -2.22. The van der Waals surface area contributed by atoms with E-state index in [4.69, 9.17) is 5.73 Å². The predicted octanol–water partition coefficient (Wildman–Crippen LogP) is 2.00. The Hall–Kier alpha value is -1.66. The first-order valence-electron chi connectivity index (χ1n) is 6.29. The maximum absolute atomic E-state index is 9.19. The van der Waals surface area contributed by atoms with E-state index in [1.54, 1.807) is 12.4 Å².